The van der Waals surface area contributed by atoms with Gasteiger partial charge in [0.05, 0.1) is 5.69 Å². The summed E-state index contributed by atoms with van der Waals surface area (Å²) in [6.07, 6.45) is 3.85. The van der Waals surface area contributed by atoms with Crippen LogP contribution in [0.1, 0.15) is 32.6 Å². The van der Waals surface area contributed by atoms with E-state index in [1.165, 1.54) is 12.8 Å². The molecule has 7 nitrogen and oxygen atoms in total. The molecule has 1 aromatic carbocycles. The van der Waals surface area contributed by atoms with Crippen LogP contribution in [0.15, 0.2) is 36.4 Å². The fourth-order valence-electron chi connectivity index (χ4n) is 4.02. The van der Waals surface area contributed by atoms with Gasteiger partial charge in [-0.2, -0.15) is 0 Å². The van der Waals surface area contributed by atoms with Crippen molar-refractivity contribution in [1.82, 2.24) is 15.1 Å². The summed E-state index contributed by atoms with van der Waals surface area (Å²) < 4.78 is 0. The zero-order chi connectivity index (χ0) is 20.2. The first-order valence-corrected chi connectivity index (χ1v) is 10.4. The van der Waals surface area contributed by atoms with Crippen molar-refractivity contribution in [3.05, 3.63) is 36.4 Å². The Morgan fingerprint density at radius 3 is 2.21 bits per heavy atom. The molecule has 7 heteroatoms. The first-order chi connectivity index (χ1) is 14.1. The number of hydrogen-bond donors (Lipinski definition) is 1. The second-order valence-corrected chi connectivity index (χ2v) is 7.82. The van der Waals surface area contributed by atoms with Crippen molar-refractivity contribution in [3.63, 3.8) is 0 Å². The van der Waals surface area contributed by atoms with Gasteiger partial charge in [0.1, 0.15) is 0 Å². The first-order valence-electron chi connectivity index (χ1n) is 10.4. The molecule has 152 valence electrons. The van der Waals surface area contributed by atoms with Gasteiger partial charge in [-0.3, -0.25) is 9.59 Å². The Labute approximate surface area is 171 Å². The molecule has 3 heterocycles. The molecule has 0 spiro atoms. The number of nitrogens with zero attached hydrogens (tertiary/aromatic N) is 4. The summed E-state index contributed by atoms with van der Waals surface area (Å²) in [5.41, 5.74) is 2.56. The van der Waals surface area contributed by atoms with Crippen LogP contribution in [-0.4, -0.2) is 53.1 Å². The third-order valence-electron chi connectivity index (χ3n) is 5.84. The van der Waals surface area contributed by atoms with Crippen LogP contribution in [0.5, 0.6) is 0 Å². The normalized spacial score (nSPS) is 17.4. The van der Waals surface area contributed by atoms with E-state index in [1.807, 2.05) is 36.4 Å². The Hall–Kier alpha value is -2.96. The second kappa shape index (κ2) is 8.59. The van der Waals surface area contributed by atoms with Crippen molar-refractivity contribution in [2.45, 2.75) is 32.6 Å². The van der Waals surface area contributed by atoms with Crippen molar-refractivity contribution in [3.8, 4) is 11.3 Å². The van der Waals surface area contributed by atoms with Gasteiger partial charge in [0.2, 0.25) is 11.8 Å². The van der Waals surface area contributed by atoms with E-state index in [9.17, 15) is 9.59 Å². The number of amides is 2. The van der Waals surface area contributed by atoms with Gasteiger partial charge >= 0.3 is 0 Å². The topological polar surface area (TPSA) is 78.4 Å². The number of piperidine rings is 1. The summed E-state index contributed by atoms with van der Waals surface area (Å²) in [5.74, 6) is 0.993. The molecule has 0 bridgehead atoms. The van der Waals surface area contributed by atoms with E-state index in [0.29, 0.717) is 25.9 Å². The molecule has 0 atom stereocenters. The Bertz CT molecular complexity index is 852. The quantitative estimate of drug-likeness (QED) is 0.864. The Kier molecular flexibility index (Phi) is 5.74. The zero-order valence-electron chi connectivity index (χ0n) is 16.8. The number of aromatic nitrogens is 2. The molecule has 2 aromatic rings. The molecule has 1 aromatic heterocycles. The van der Waals surface area contributed by atoms with Gasteiger partial charge in [0, 0.05) is 50.3 Å². The lowest BCUT2D eigenvalue weighted by Crippen LogP contribution is -2.40. The predicted molar refractivity (Wildman–Crippen MR) is 113 cm³/mol. The monoisotopic (exact) mass is 393 g/mol. The third-order valence-corrected chi connectivity index (χ3v) is 5.84. The fraction of sp³-hybridized carbons (Fsp3) is 0.455. The molecule has 1 N–H and O–H groups in total. The highest BCUT2D eigenvalue weighted by Crippen LogP contribution is 2.24. The SMILES string of the molecule is CC(=O)N1CCC(C(=O)Nc2ccc(-c3ccc(N4CCCC4)nn3)cc2)CC1. The molecular weight excluding hydrogens is 366 g/mol. The van der Waals surface area contributed by atoms with E-state index < -0.39 is 0 Å². The Balaban J connectivity index is 1.34. The van der Waals surface area contributed by atoms with Crippen LogP contribution in [0.2, 0.25) is 0 Å². The molecule has 29 heavy (non-hydrogen) atoms. The number of carbonyl (C=O) groups is 2. The van der Waals surface area contributed by atoms with Crippen molar-refractivity contribution in [2.75, 3.05) is 36.4 Å². The minimum Gasteiger partial charge on any atom is -0.355 e. The van der Waals surface area contributed by atoms with Crippen molar-refractivity contribution in [1.29, 1.82) is 0 Å². The summed E-state index contributed by atoms with van der Waals surface area (Å²) in [7, 11) is 0. The smallest absolute Gasteiger partial charge is 0.227 e. The van der Waals surface area contributed by atoms with E-state index in [-0.39, 0.29) is 17.7 Å². The molecule has 2 saturated heterocycles. The Morgan fingerprint density at radius 1 is 0.931 bits per heavy atom. The van der Waals surface area contributed by atoms with Gasteiger partial charge in [-0.15, -0.1) is 10.2 Å². The van der Waals surface area contributed by atoms with Crippen molar-refractivity contribution < 1.29 is 9.59 Å². The van der Waals surface area contributed by atoms with Crippen LogP contribution in [0, 0.1) is 5.92 Å². The maximum Gasteiger partial charge on any atom is 0.227 e. The fourth-order valence-corrected chi connectivity index (χ4v) is 4.02. The highest BCUT2D eigenvalue weighted by Gasteiger charge is 2.26. The molecule has 0 unspecified atom stereocenters. The van der Waals surface area contributed by atoms with Gasteiger partial charge < -0.3 is 15.1 Å². The molecule has 0 saturated carbocycles. The van der Waals surface area contributed by atoms with Crippen LogP contribution < -0.4 is 10.2 Å². The molecule has 0 radical (unpaired) electrons. The number of likely N-dealkylation sites (tertiary alicyclic amines) is 1. The summed E-state index contributed by atoms with van der Waals surface area (Å²) in [6.45, 7) is 4.98. The summed E-state index contributed by atoms with van der Waals surface area (Å²) in [4.78, 5) is 28.0. The number of benzene rings is 1. The summed E-state index contributed by atoms with van der Waals surface area (Å²) in [5, 5.41) is 11.7. The highest BCUT2D eigenvalue weighted by molar-refractivity contribution is 5.93. The van der Waals surface area contributed by atoms with Crippen molar-refractivity contribution >= 4 is 23.3 Å². The summed E-state index contributed by atoms with van der Waals surface area (Å²) >= 11 is 0. The van der Waals surface area contributed by atoms with E-state index in [0.717, 1.165) is 35.9 Å². The number of carbonyl (C=O) groups excluding carboxylic acids is 2. The number of hydrogen-bond acceptors (Lipinski definition) is 5. The van der Waals surface area contributed by atoms with E-state index in [2.05, 4.69) is 20.4 Å². The lowest BCUT2D eigenvalue weighted by molar-refractivity contribution is -0.132. The summed E-state index contributed by atoms with van der Waals surface area (Å²) in [6, 6.07) is 11.7. The van der Waals surface area contributed by atoms with Crippen molar-refractivity contribution in [2.24, 2.45) is 5.92 Å². The second-order valence-electron chi connectivity index (χ2n) is 7.82. The van der Waals surface area contributed by atoms with Gasteiger partial charge in [-0.1, -0.05) is 12.1 Å². The molecule has 0 aliphatic carbocycles. The maximum absolute atomic E-state index is 12.5. The zero-order valence-corrected chi connectivity index (χ0v) is 16.8. The van der Waals surface area contributed by atoms with E-state index in [4.69, 9.17) is 0 Å². The lowest BCUT2D eigenvalue weighted by atomic mass is 9.95. The average molecular weight is 393 g/mol. The average Bonchev–Trinajstić information content (AvgIpc) is 3.29. The largest absolute Gasteiger partial charge is 0.355 e. The third kappa shape index (κ3) is 4.55. The van der Waals surface area contributed by atoms with Crippen LogP contribution in [0.25, 0.3) is 11.3 Å². The number of nitrogens with one attached hydrogen (secondary N) is 1. The minimum absolute atomic E-state index is 0.0238. The predicted octanol–water partition coefficient (Wildman–Crippen LogP) is 2.94. The van der Waals surface area contributed by atoms with Gasteiger partial charge in [0.15, 0.2) is 5.82 Å². The van der Waals surface area contributed by atoms with Crippen LogP contribution in [0.4, 0.5) is 11.5 Å². The van der Waals surface area contributed by atoms with Crippen LogP contribution >= 0.6 is 0 Å². The van der Waals surface area contributed by atoms with Gasteiger partial charge in [-0.25, -0.2) is 0 Å². The Morgan fingerprint density at radius 2 is 1.62 bits per heavy atom. The lowest BCUT2D eigenvalue weighted by Gasteiger charge is -2.30. The molecule has 4 rings (SSSR count). The standard InChI is InChI=1S/C22H27N5O2/c1-16(28)26-14-10-18(11-15-26)22(29)23-19-6-4-17(5-7-19)20-8-9-21(25-24-20)27-12-2-3-13-27/h4-9,18H,2-3,10-15H2,1H3,(H,23,29). The minimum atomic E-state index is -0.0470. The highest BCUT2D eigenvalue weighted by atomic mass is 16.2. The van der Waals surface area contributed by atoms with Crippen LogP contribution in [0.3, 0.4) is 0 Å². The van der Waals surface area contributed by atoms with Crippen LogP contribution in [-0.2, 0) is 9.59 Å². The van der Waals surface area contributed by atoms with E-state index in [1.54, 1.807) is 11.8 Å². The maximum atomic E-state index is 12.5. The number of rotatable bonds is 4. The molecule has 2 amide bonds. The molecular formula is C22H27N5O2. The van der Waals surface area contributed by atoms with Gasteiger partial charge in [0.25, 0.3) is 0 Å². The number of anilines is 2. The molecule has 2 aliphatic rings. The molecule has 2 aliphatic heterocycles. The van der Waals surface area contributed by atoms with E-state index >= 15 is 0 Å². The first kappa shape index (κ1) is 19.4. The molecule has 2 fully saturated rings. The van der Waals surface area contributed by atoms with Gasteiger partial charge in [-0.05, 0) is 49.9 Å².